The van der Waals surface area contributed by atoms with Gasteiger partial charge >= 0.3 is 0 Å². The van der Waals surface area contributed by atoms with Crippen LogP contribution in [-0.4, -0.2) is 43.5 Å². The van der Waals surface area contributed by atoms with Gasteiger partial charge in [-0.2, -0.15) is 0 Å². The molecule has 2 amide bonds. The van der Waals surface area contributed by atoms with E-state index in [-0.39, 0.29) is 17.7 Å². The van der Waals surface area contributed by atoms with Gasteiger partial charge in [0.05, 0.1) is 11.6 Å². The Morgan fingerprint density at radius 3 is 2.86 bits per heavy atom. The molecule has 21 heavy (non-hydrogen) atoms. The summed E-state index contributed by atoms with van der Waals surface area (Å²) >= 11 is 6.06. The molecule has 6 heteroatoms. The molecule has 1 heterocycles. The Morgan fingerprint density at radius 2 is 2.29 bits per heavy atom. The number of ether oxygens (including phenoxy) is 1. The van der Waals surface area contributed by atoms with Gasteiger partial charge < -0.3 is 15.0 Å². The molecule has 1 aliphatic rings. The van der Waals surface area contributed by atoms with Crippen LogP contribution in [0.3, 0.4) is 0 Å². The highest BCUT2D eigenvalue weighted by Gasteiger charge is 2.26. The average molecular weight is 311 g/mol. The molecule has 1 aromatic carbocycles. The van der Waals surface area contributed by atoms with Crippen molar-refractivity contribution in [3.05, 3.63) is 28.8 Å². The van der Waals surface area contributed by atoms with Crippen LogP contribution in [0.2, 0.25) is 5.02 Å². The highest BCUT2D eigenvalue weighted by Crippen LogP contribution is 2.25. The van der Waals surface area contributed by atoms with Crippen molar-refractivity contribution >= 4 is 23.4 Å². The number of carbonyl (C=O) groups is 2. The maximum Gasteiger partial charge on any atom is 0.251 e. The van der Waals surface area contributed by atoms with E-state index in [0.29, 0.717) is 42.5 Å². The summed E-state index contributed by atoms with van der Waals surface area (Å²) in [7, 11) is 1.77. The van der Waals surface area contributed by atoms with Crippen molar-refractivity contribution in [2.45, 2.75) is 13.3 Å². The van der Waals surface area contributed by atoms with Crippen LogP contribution >= 0.6 is 11.6 Å². The predicted octanol–water partition coefficient (Wildman–Crippen LogP) is 1.95. The van der Waals surface area contributed by atoms with Crippen LogP contribution in [0.15, 0.2) is 18.2 Å². The van der Waals surface area contributed by atoms with Crippen LogP contribution in [0, 0.1) is 5.92 Å². The zero-order chi connectivity index (χ0) is 15.4. The first-order chi connectivity index (χ1) is 10.0. The second-order valence-corrected chi connectivity index (χ2v) is 5.54. The summed E-state index contributed by atoms with van der Waals surface area (Å²) in [6, 6.07) is 4.96. The lowest BCUT2D eigenvalue weighted by Crippen LogP contribution is -2.30. The van der Waals surface area contributed by atoms with Crippen LogP contribution in [0.5, 0.6) is 5.75 Å². The van der Waals surface area contributed by atoms with Gasteiger partial charge in [0.1, 0.15) is 5.75 Å². The van der Waals surface area contributed by atoms with Gasteiger partial charge in [-0.25, -0.2) is 0 Å². The van der Waals surface area contributed by atoms with Crippen molar-refractivity contribution in [2.24, 2.45) is 5.92 Å². The van der Waals surface area contributed by atoms with Crippen LogP contribution in [-0.2, 0) is 4.79 Å². The maximum absolute atomic E-state index is 12.1. The van der Waals surface area contributed by atoms with Crippen molar-refractivity contribution in [3.8, 4) is 5.75 Å². The highest BCUT2D eigenvalue weighted by molar-refractivity contribution is 6.32. The van der Waals surface area contributed by atoms with Crippen LogP contribution in [0.1, 0.15) is 23.7 Å². The largest absolute Gasteiger partial charge is 0.492 e. The minimum absolute atomic E-state index is 0.123. The SMILES string of the molecule is CCOc1ccc(C(=O)NCC2CC(=O)N(C)C2)cc1Cl. The monoisotopic (exact) mass is 310 g/mol. The summed E-state index contributed by atoms with van der Waals surface area (Å²) in [5, 5.41) is 3.26. The molecule has 114 valence electrons. The summed E-state index contributed by atoms with van der Waals surface area (Å²) in [5.41, 5.74) is 0.487. The van der Waals surface area contributed by atoms with Crippen molar-refractivity contribution in [2.75, 3.05) is 26.7 Å². The van der Waals surface area contributed by atoms with E-state index in [1.165, 1.54) is 0 Å². The quantitative estimate of drug-likeness (QED) is 0.904. The summed E-state index contributed by atoms with van der Waals surface area (Å²) in [5.74, 6) is 0.670. The molecule has 1 atom stereocenters. The molecule has 0 radical (unpaired) electrons. The number of amides is 2. The number of carbonyl (C=O) groups excluding carboxylic acids is 2. The molecule has 0 spiro atoms. The number of nitrogens with one attached hydrogen (secondary N) is 1. The molecule has 2 rings (SSSR count). The third kappa shape index (κ3) is 3.88. The molecular weight excluding hydrogens is 292 g/mol. The van der Waals surface area contributed by atoms with Crippen LogP contribution in [0.25, 0.3) is 0 Å². The van der Waals surface area contributed by atoms with Crippen molar-refractivity contribution in [3.63, 3.8) is 0 Å². The van der Waals surface area contributed by atoms with E-state index in [2.05, 4.69) is 5.32 Å². The highest BCUT2D eigenvalue weighted by atomic mass is 35.5. The van der Waals surface area contributed by atoms with Gasteiger partial charge in [0.15, 0.2) is 0 Å². The van der Waals surface area contributed by atoms with E-state index in [4.69, 9.17) is 16.3 Å². The summed E-state index contributed by atoms with van der Waals surface area (Å²) < 4.78 is 5.33. The molecular formula is C15H19ClN2O3. The first-order valence-corrected chi connectivity index (χ1v) is 7.33. The Morgan fingerprint density at radius 1 is 1.52 bits per heavy atom. The lowest BCUT2D eigenvalue weighted by Gasteiger charge is -2.12. The van der Waals surface area contributed by atoms with Gasteiger partial charge in [-0.15, -0.1) is 0 Å². The first-order valence-electron chi connectivity index (χ1n) is 6.95. The van der Waals surface area contributed by atoms with E-state index in [1.807, 2.05) is 6.92 Å². The van der Waals surface area contributed by atoms with Crippen LogP contribution < -0.4 is 10.1 Å². The van der Waals surface area contributed by atoms with E-state index < -0.39 is 0 Å². The maximum atomic E-state index is 12.1. The van der Waals surface area contributed by atoms with Crippen molar-refractivity contribution < 1.29 is 14.3 Å². The average Bonchev–Trinajstić information content (AvgIpc) is 2.77. The van der Waals surface area contributed by atoms with Crippen molar-refractivity contribution in [1.82, 2.24) is 10.2 Å². The molecule has 1 fully saturated rings. The zero-order valence-electron chi connectivity index (χ0n) is 12.2. The van der Waals surface area contributed by atoms with E-state index in [1.54, 1.807) is 30.1 Å². The molecule has 5 nitrogen and oxygen atoms in total. The molecule has 0 aromatic heterocycles. The lowest BCUT2D eigenvalue weighted by atomic mass is 10.1. The fourth-order valence-electron chi connectivity index (χ4n) is 2.35. The number of hydrogen-bond acceptors (Lipinski definition) is 3. The molecule has 1 aromatic rings. The van der Waals surface area contributed by atoms with Gasteiger partial charge in [-0.3, -0.25) is 9.59 Å². The van der Waals surface area contributed by atoms with Gasteiger partial charge in [-0.05, 0) is 25.1 Å². The Bertz CT molecular complexity index is 548. The standard InChI is InChI=1S/C15H19ClN2O3/c1-3-21-13-5-4-11(7-12(13)16)15(20)17-8-10-6-14(19)18(2)9-10/h4-5,7,10H,3,6,8-9H2,1-2H3,(H,17,20). The molecule has 0 aliphatic carbocycles. The number of hydrogen-bond donors (Lipinski definition) is 1. The van der Waals surface area contributed by atoms with Crippen LogP contribution in [0.4, 0.5) is 0 Å². The van der Waals surface area contributed by atoms with Gasteiger partial charge in [-0.1, -0.05) is 11.6 Å². The third-order valence-electron chi connectivity index (χ3n) is 3.47. The minimum Gasteiger partial charge on any atom is -0.492 e. The number of halogens is 1. The fraction of sp³-hybridized carbons (Fsp3) is 0.467. The predicted molar refractivity (Wildman–Crippen MR) is 80.7 cm³/mol. The molecule has 1 unspecified atom stereocenters. The van der Waals surface area contributed by atoms with Gasteiger partial charge in [0.2, 0.25) is 5.91 Å². The molecule has 1 N–H and O–H groups in total. The van der Waals surface area contributed by atoms with E-state index in [0.717, 1.165) is 0 Å². The fourth-order valence-corrected chi connectivity index (χ4v) is 2.58. The molecule has 0 bridgehead atoms. The Labute approximate surface area is 129 Å². The first kappa shape index (κ1) is 15.6. The number of nitrogens with zero attached hydrogens (tertiary/aromatic N) is 1. The second kappa shape index (κ2) is 6.80. The normalized spacial score (nSPS) is 18.0. The minimum atomic E-state index is -0.193. The second-order valence-electron chi connectivity index (χ2n) is 5.13. The van der Waals surface area contributed by atoms with E-state index >= 15 is 0 Å². The Hall–Kier alpha value is -1.75. The van der Waals surface area contributed by atoms with Gasteiger partial charge in [0, 0.05) is 38.0 Å². The number of rotatable bonds is 5. The third-order valence-corrected chi connectivity index (χ3v) is 3.76. The smallest absolute Gasteiger partial charge is 0.251 e. The molecule has 1 saturated heterocycles. The topological polar surface area (TPSA) is 58.6 Å². The summed E-state index contributed by atoms with van der Waals surface area (Å²) in [6.45, 7) is 3.56. The Kier molecular flexibility index (Phi) is 5.07. The Balaban J connectivity index is 1.91. The zero-order valence-corrected chi connectivity index (χ0v) is 12.9. The lowest BCUT2D eigenvalue weighted by molar-refractivity contribution is -0.126. The number of likely N-dealkylation sites (tertiary alicyclic amines) is 1. The number of benzene rings is 1. The molecule has 1 aliphatic heterocycles. The van der Waals surface area contributed by atoms with Gasteiger partial charge in [0.25, 0.3) is 5.91 Å². The van der Waals surface area contributed by atoms with E-state index in [9.17, 15) is 9.59 Å². The molecule has 0 saturated carbocycles. The summed E-state index contributed by atoms with van der Waals surface area (Å²) in [6.07, 6.45) is 0.487. The van der Waals surface area contributed by atoms with Crippen molar-refractivity contribution in [1.29, 1.82) is 0 Å². The summed E-state index contributed by atoms with van der Waals surface area (Å²) in [4.78, 5) is 25.2.